The highest BCUT2D eigenvalue weighted by Crippen LogP contribution is 2.23. The Morgan fingerprint density at radius 2 is 1.88 bits per heavy atom. The summed E-state index contributed by atoms with van der Waals surface area (Å²) in [6, 6.07) is 4.26. The summed E-state index contributed by atoms with van der Waals surface area (Å²) >= 11 is 11.3. The summed E-state index contributed by atoms with van der Waals surface area (Å²) in [5.74, 6) is -1.93. The van der Waals surface area contributed by atoms with Crippen molar-refractivity contribution in [3.63, 3.8) is 0 Å². The predicted octanol–water partition coefficient (Wildman–Crippen LogP) is 4.14. The van der Waals surface area contributed by atoms with Gasteiger partial charge in [-0.2, -0.15) is 13.2 Å². The zero-order valence-corrected chi connectivity index (χ0v) is 9.20. The minimum atomic E-state index is -4.87. The molecular formula is C10H5Cl2F3O. The summed E-state index contributed by atoms with van der Waals surface area (Å²) < 4.78 is 35.6. The molecule has 1 rings (SSSR count). The van der Waals surface area contributed by atoms with Gasteiger partial charge in [-0.05, 0) is 29.8 Å². The van der Waals surface area contributed by atoms with Crippen molar-refractivity contribution in [3.8, 4) is 0 Å². The van der Waals surface area contributed by atoms with Gasteiger partial charge in [0.1, 0.15) is 0 Å². The van der Waals surface area contributed by atoms with Gasteiger partial charge in [0.2, 0.25) is 0 Å². The first-order chi connectivity index (χ1) is 7.30. The van der Waals surface area contributed by atoms with E-state index in [9.17, 15) is 18.0 Å². The van der Waals surface area contributed by atoms with Crippen LogP contribution in [0, 0.1) is 0 Å². The lowest BCUT2D eigenvalue weighted by Crippen LogP contribution is -2.19. The van der Waals surface area contributed by atoms with E-state index in [4.69, 9.17) is 23.2 Å². The van der Waals surface area contributed by atoms with Crippen molar-refractivity contribution < 1.29 is 18.0 Å². The molecule has 0 atom stereocenters. The fourth-order valence-electron chi connectivity index (χ4n) is 0.897. The van der Waals surface area contributed by atoms with E-state index in [1.807, 2.05) is 0 Å². The maximum absolute atomic E-state index is 11.9. The van der Waals surface area contributed by atoms with E-state index in [1.165, 1.54) is 18.2 Å². The standard InChI is InChI=1S/C10H5Cl2F3O/c11-7-3-1-6(8(12)5-7)2-4-9(16)10(13,14)15/h1-5H/b4-2+. The van der Waals surface area contributed by atoms with Crippen LogP contribution >= 0.6 is 23.2 Å². The first kappa shape index (κ1) is 13.1. The topological polar surface area (TPSA) is 17.1 Å². The molecule has 0 radical (unpaired) electrons. The van der Waals surface area contributed by atoms with Crippen LogP contribution in [-0.4, -0.2) is 12.0 Å². The molecule has 0 fully saturated rings. The van der Waals surface area contributed by atoms with Crippen molar-refractivity contribution in [3.05, 3.63) is 39.9 Å². The highest BCUT2D eigenvalue weighted by molar-refractivity contribution is 6.35. The van der Waals surface area contributed by atoms with Crippen molar-refractivity contribution in [1.29, 1.82) is 0 Å². The number of halogens is 5. The summed E-state index contributed by atoms with van der Waals surface area (Å²) in [5, 5.41) is 0.544. The smallest absolute Gasteiger partial charge is 0.285 e. The Labute approximate surface area is 99.5 Å². The monoisotopic (exact) mass is 268 g/mol. The number of hydrogen-bond donors (Lipinski definition) is 0. The Balaban J connectivity index is 2.89. The first-order valence-electron chi connectivity index (χ1n) is 4.05. The summed E-state index contributed by atoms with van der Waals surface area (Å²) in [5.41, 5.74) is 0.295. The molecule has 0 aliphatic carbocycles. The predicted molar refractivity (Wildman–Crippen MR) is 56.6 cm³/mol. The summed E-state index contributed by atoms with van der Waals surface area (Å²) in [4.78, 5) is 10.5. The van der Waals surface area contributed by atoms with Crippen molar-refractivity contribution in [2.45, 2.75) is 6.18 Å². The minimum Gasteiger partial charge on any atom is -0.285 e. The molecule has 16 heavy (non-hydrogen) atoms. The van der Waals surface area contributed by atoms with Gasteiger partial charge in [-0.1, -0.05) is 29.3 Å². The van der Waals surface area contributed by atoms with Gasteiger partial charge in [0.25, 0.3) is 5.78 Å². The van der Waals surface area contributed by atoms with Crippen LogP contribution in [0.4, 0.5) is 13.2 Å². The molecule has 0 aliphatic rings. The van der Waals surface area contributed by atoms with Gasteiger partial charge in [-0.15, -0.1) is 0 Å². The van der Waals surface area contributed by atoms with Crippen LogP contribution in [0.3, 0.4) is 0 Å². The third kappa shape index (κ3) is 3.54. The second kappa shape index (κ2) is 4.89. The third-order valence-electron chi connectivity index (χ3n) is 1.66. The van der Waals surface area contributed by atoms with Crippen LogP contribution in [0.15, 0.2) is 24.3 Å². The van der Waals surface area contributed by atoms with Gasteiger partial charge in [0.05, 0.1) is 0 Å². The average molecular weight is 269 g/mol. The number of benzene rings is 1. The molecule has 1 aromatic carbocycles. The van der Waals surface area contributed by atoms with E-state index < -0.39 is 12.0 Å². The molecule has 0 spiro atoms. The lowest BCUT2D eigenvalue weighted by molar-refractivity contribution is -0.165. The van der Waals surface area contributed by atoms with Crippen LogP contribution in [0.5, 0.6) is 0 Å². The van der Waals surface area contributed by atoms with E-state index in [-0.39, 0.29) is 5.02 Å². The van der Waals surface area contributed by atoms with Gasteiger partial charge < -0.3 is 0 Å². The van der Waals surface area contributed by atoms with Crippen molar-refractivity contribution in [2.75, 3.05) is 0 Å². The Hall–Kier alpha value is -1.00. The Morgan fingerprint density at radius 1 is 1.25 bits per heavy atom. The molecule has 0 amide bonds. The number of allylic oxidation sites excluding steroid dienone is 1. The van der Waals surface area contributed by atoms with Crippen molar-refractivity contribution >= 4 is 35.1 Å². The zero-order chi connectivity index (χ0) is 12.3. The van der Waals surface area contributed by atoms with Gasteiger partial charge in [-0.3, -0.25) is 4.79 Å². The van der Waals surface area contributed by atoms with E-state index in [1.54, 1.807) is 0 Å². The Bertz CT molecular complexity index is 438. The normalized spacial score (nSPS) is 12.1. The molecule has 0 aromatic heterocycles. The van der Waals surface area contributed by atoms with E-state index in [0.29, 0.717) is 16.7 Å². The molecule has 0 unspecified atom stereocenters. The molecule has 1 aromatic rings. The number of rotatable bonds is 2. The molecule has 0 N–H and O–H groups in total. The highest BCUT2D eigenvalue weighted by Gasteiger charge is 2.35. The number of hydrogen-bond acceptors (Lipinski definition) is 1. The number of carbonyl (C=O) groups is 1. The molecule has 0 heterocycles. The van der Waals surface area contributed by atoms with E-state index in [0.717, 1.165) is 6.08 Å². The Kier molecular flexibility index (Phi) is 3.99. The van der Waals surface area contributed by atoms with E-state index in [2.05, 4.69) is 0 Å². The van der Waals surface area contributed by atoms with Crippen LogP contribution in [0.25, 0.3) is 6.08 Å². The molecule has 6 heteroatoms. The quantitative estimate of drug-likeness (QED) is 0.737. The van der Waals surface area contributed by atoms with Crippen LogP contribution in [0.2, 0.25) is 10.0 Å². The van der Waals surface area contributed by atoms with Crippen molar-refractivity contribution in [1.82, 2.24) is 0 Å². The second-order valence-electron chi connectivity index (χ2n) is 2.86. The number of ketones is 1. The Morgan fingerprint density at radius 3 is 2.38 bits per heavy atom. The molecule has 0 bridgehead atoms. The fraction of sp³-hybridized carbons (Fsp3) is 0.100. The SMILES string of the molecule is O=C(/C=C/c1ccc(Cl)cc1Cl)C(F)(F)F. The fourth-order valence-corrected chi connectivity index (χ4v) is 1.37. The molecule has 86 valence electrons. The number of alkyl halides is 3. The van der Waals surface area contributed by atoms with E-state index >= 15 is 0 Å². The zero-order valence-electron chi connectivity index (χ0n) is 7.68. The maximum atomic E-state index is 11.9. The van der Waals surface area contributed by atoms with Gasteiger partial charge in [0, 0.05) is 10.0 Å². The van der Waals surface area contributed by atoms with Crippen LogP contribution in [-0.2, 0) is 4.79 Å². The maximum Gasteiger partial charge on any atom is 0.454 e. The lowest BCUT2D eigenvalue weighted by atomic mass is 10.2. The molecule has 0 aliphatic heterocycles. The van der Waals surface area contributed by atoms with Gasteiger partial charge in [-0.25, -0.2) is 0 Å². The van der Waals surface area contributed by atoms with Crippen molar-refractivity contribution in [2.24, 2.45) is 0 Å². The van der Waals surface area contributed by atoms with Crippen LogP contribution < -0.4 is 0 Å². The van der Waals surface area contributed by atoms with Gasteiger partial charge in [0.15, 0.2) is 0 Å². The van der Waals surface area contributed by atoms with Gasteiger partial charge >= 0.3 is 6.18 Å². The largest absolute Gasteiger partial charge is 0.454 e. The summed E-state index contributed by atoms with van der Waals surface area (Å²) in [6.45, 7) is 0. The highest BCUT2D eigenvalue weighted by atomic mass is 35.5. The summed E-state index contributed by atoms with van der Waals surface area (Å²) in [6.07, 6.45) is -3.45. The minimum absolute atomic E-state index is 0.179. The third-order valence-corrected chi connectivity index (χ3v) is 2.22. The van der Waals surface area contributed by atoms with Crippen LogP contribution in [0.1, 0.15) is 5.56 Å². The molecule has 0 saturated heterocycles. The second-order valence-corrected chi connectivity index (χ2v) is 3.70. The number of carbonyl (C=O) groups excluding carboxylic acids is 1. The summed E-state index contributed by atoms with van der Waals surface area (Å²) in [7, 11) is 0. The average Bonchev–Trinajstić information content (AvgIpc) is 2.14. The lowest BCUT2D eigenvalue weighted by Gasteiger charge is -2.01. The molecular weight excluding hydrogens is 264 g/mol. The molecule has 0 saturated carbocycles. The first-order valence-corrected chi connectivity index (χ1v) is 4.80. The molecule has 1 nitrogen and oxygen atoms in total.